The van der Waals surface area contributed by atoms with Crippen molar-refractivity contribution in [3.63, 3.8) is 0 Å². The van der Waals surface area contributed by atoms with E-state index in [0.29, 0.717) is 18.1 Å². The summed E-state index contributed by atoms with van der Waals surface area (Å²) in [5, 5.41) is 12.2. The Labute approximate surface area is 181 Å². The minimum absolute atomic E-state index is 0.313. The van der Waals surface area contributed by atoms with E-state index in [1.54, 1.807) is 12.3 Å². The zero-order valence-electron chi connectivity index (χ0n) is 17.8. The summed E-state index contributed by atoms with van der Waals surface area (Å²) in [6, 6.07) is 11.9. The molecule has 3 aromatic rings. The minimum Gasteiger partial charge on any atom is -0.462 e. The molecule has 1 aliphatic heterocycles. The standard InChI is InChI=1S/C25H26N4O2/c1-4-19(25(30)31-15-18-12-26-13-18)10-21-11-20(9-8-16(21)2)22-14-27-29-24(22)23-7-5-6-17(3)28-23/h4-11,14,18,26H,2,12-13,15H2,1,3H3,(H,27,29)/b19-4+,21-10-. The molecule has 2 N–H and O–H groups in total. The largest absolute Gasteiger partial charge is 0.462 e. The molecule has 6 heteroatoms. The Morgan fingerprint density at radius 3 is 2.84 bits per heavy atom. The van der Waals surface area contributed by atoms with E-state index in [-0.39, 0.29) is 5.97 Å². The Morgan fingerprint density at radius 1 is 1.29 bits per heavy atom. The molecule has 1 saturated heterocycles. The van der Waals surface area contributed by atoms with Crippen molar-refractivity contribution in [1.82, 2.24) is 20.5 Å². The topological polar surface area (TPSA) is 79.9 Å². The summed E-state index contributed by atoms with van der Waals surface area (Å²) < 4.78 is 5.48. The van der Waals surface area contributed by atoms with Gasteiger partial charge in [0.05, 0.1) is 29.8 Å². The van der Waals surface area contributed by atoms with E-state index in [0.717, 1.165) is 51.7 Å². The second-order valence-electron chi connectivity index (χ2n) is 7.75. The van der Waals surface area contributed by atoms with Crippen molar-refractivity contribution in [3.8, 4) is 22.5 Å². The average Bonchev–Trinajstić information content (AvgIpc) is 3.22. The molecule has 0 atom stereocenters. The van der Waals surface area contributed by atoms with Crippen molar-refractivity contribution in [2.75, 3.05) is 19.7 Å². The molecule has 0 saturated carbocycles. The number of rotatable bonds is 6. The van der Waals surface area contributed by atoms with Crippen LogP contribution in [0.1, 0.15) is 12.6 Å². The molecule has 0 spiro atoms. The van der Waals surface area contributed by atoms with Crippen LogP contribution in [0, 0.1) is 12.8 Å². The van der Waals surface area contributed by atoms with Crippen LogP contribution >= 0.6 is 0 Å². The lowest BCUT2D eigenvalue weighted by Crippen LogP contribution is -2.44. The molecule has 1 fully saturated rings. The van der Waals surface area contributed by atoms with Gasteiger partial charge in [-0.3, -0.25) is 10.1 Å². The third-order valence-electron chi connectivity index (χ3n) is 5.41. The van der Waals surface area contributed by atoms with Gasteiger partial charge in [0.2, 0.25) is 0 Å². The Balaban J connectivity index is 1.65. The summed E-state index contributed by atoms with van der Waals surface area (Å²) in [5.41, 5.74) is 5.05. The molecule has 0 radical (unpaired) electrons. The molecular weight excluding hydrogens is 388 g/mol. The number of aromatic amines is 1. The number of carbonyl (C=O) groups excluding carboxylic acids is 1. The first-order chi connectivity index (χ1) is 15.0. The Kier molecular flexibility index (Phi) is 6.09. The third-order valence-corrected chi connectivity index (χ3v) is 5.41. The van der Waals surface area contributed by atoms with Crippen molar-refractivity contribution in [2.24, 2.45) is 5.92 Å². The van der Waals surface area contributed by atoms with Crippen molar-refractivity contribution < 1.29 is 9.53 Å². The zero-order chi connectivity index (χ0) is 21.8. The Bertz CT molecular complexity index is 1240. The lowest BCUT2D eigenvalue weighted by atomic mass is 10.0. The molecule has 3 heterocycles. The molecule has 31 heavy (non-hydrogen) atoms. The van der Waals surface area contributed by atoms with E-state index in [9.17, 15) is 4.79 Å². The molecular formula is C25H26N4O2. The van der Waals surface area contributed by atoms with Gasteiger partial charge in [0.25, 0.3) is 0 Å². The maximum atomic E-state index is 12.5. The molecule has 1 aliphatic rings. The number of aromatic nitrogens is 3. The summed E-state index contributed by atoms with van der Waals surface area (Å²) in [7, 11) is 0. The second-order valence-corrected chi connectivity index (χ2v) is 7.75. The highest BCUT2D eigenvalue weighted by Crippen LogP contribution is 2.28. The first-order valence-electron chi connectivity index (χ1n) is 10.4. The number of nitrogens with one attached hydrogen (secondary N) is 2. The summed E-state index contributed by atoms with van der Waals surface area (Å²) in [5.74, 6) is 0.0932. The number of aryl methyl sites for hydroxylation is 1. The van der Waals surface area contributed by atoms with E-state index in [1.807, 2.05) is 56.3 Å². The number of esters is 1. The van der Waals surface area contributed by atoms with Crippen molar-refractivity contribution in [3.05, 3.63) is 70.4 Å². The molecule has 158 valence electrons. The van der Waals surface area contributed by atoms with E-state index in [2.05, 4.69) is 27.1 Å². The molecule has 2 aromatic heterocycles. The fourth-order valence-electron chi connectivity index (χ4n) is 3.45. The van der Waals surface area contributed by atoms with E-state index in [1.165, 1.54) is 0 Å². The van der Waals surface area contributed by atoms with Crippen molar-refractivity contribution >= 4 is 18.6 Å². The van der Waals surface area contributed by atoms with E-state index in [4.69, 9.17) is 4.74 Å². The van der Waals surface area contributed by atoms with Gasteiger partial charge in [-0.2, -0.15) is 5.10 Å². The first kappa shape index (κ1) is 20.8. The average molecular weight is 415 g/mol. The molecule has 0 amide bonds. The smallest absolute Gasteiger partial charge is 0.337 e. The molecule has 1 aromatic carbocycles. The maximum Gasteiger partial charge on any atom is 0.337 e. The highest BCUT2D eigenvalue weighted by atomic mass is 16.5. The highest BCUT2D eigenvalue weighted by molar-refractivity contribution is 5.97. The number of nitrogens with zero attached hydrogens (tertiary/aromatic N) is 2. The van der Waals surface area contributed by atoms with Gasteiger partial charge in [-0.05, 0) is 54.1 Å². The maximum absolute atomic E-state index is 12.5. The lowest BCUT2D eigenvalue weighted by molar-refractivity contribution is -0.140. The van der Waals surface area contributed by atoms with Crippen LogP contribution < -0.4 is 15.8 Å². The van der Waals surface area contributed by atoms with E-state index >= 15 is 0 Å². The second kappa shape index (κ2) is 9.10. The molecule has 0 aliphatic carbocycles. The van der Waals surface area contributed by atoms with Crippen molar-refractivity contribution in [1.29, 1.82) is 0 Å². The predicted molar refractivity (Wildman–Crippen MR) is 122 cm³/mol. The van der Waals surface area contributed by atoms with Gasteiger partial charge in [-0.25, -0.2) is 4.79 Å². The number of hydrogen-bond donors (Lipinski definition) is 2. The highest BCUT2D eigenvalue weighted by Gasteiger charge is 2.19. The Hall–Kier alpha value is -3.51. The van der Waals surface area contributed by atoms with Gasteiger partial charge in [0.15, 0.2) is 0 Å². The van der Waals surface area contributed by atoms with E-state index < -0.39 is 0 Å². The number of benzene rings is 1. The summed E-state index contributed by atoms with van der Waals surface area (Å²) in [4.78, 5) is 17.1. The number of ether oxygens (including phenoxy) is 1. The van der Waals surface area contributed by atoms with Crippen LogP contribution in [0.4, 0.5) is 0 Å². The minimum atomic E-state index is -0.313. The molecule has 6 nitrogen and oxygen atoms in total. The normalized spacial score (nSPS) is 15.0. The van der Waals surface area contributed by atoms with Crippen LogP contribution in [-0.4, -0.2) is 40.8 Å². The fourth-order valence-corrected chi connectivity index (χ4v) is 3.45. The quantitative estimate of drug-likeness (QED) is 0.478. The van der Waals surface area contributed by atoms with Crippen LogP contribution in [0.5, 0.6) is 0 Å². The zero-order valence-corrected chi connectivity index (χ0v) is 17.8. The number of H-pyrrole nitrogens is 1. The van der Waals surface area contributed by atoms with Gasteiger partial charge in [-0.15, -0.1) is 0 Å². The van der Waals surface area contributed by atoms with Crippen molar-refractivity contribution in [2.45, 2.75) is 13.8 Å². The predicted octanol–water partition coefficient (Wildman–Crippen LogP) is 2.35. The van der Waals surface area contributed by atoms with Crippen LogP contribution in [0.25, 0.3) is 35.2 Å². The van der Waals surface area contributed by atoms with Crippen LogP contribution in [-0.2, 0) is 9.53 Å². The van der Waals surface area contributed by atoms with Gasteiger partial charge in [0.1, 0.15) is 0 Å². The Morgan fingerprint density at radius 2 is 2.13 bits per heavy atom. The monoisotopic (exact) mass is 414 g/mol. The summed E-state index contributed by atoms with van der Waals surface area (Å²) >= 11 is 0. The van der Waals surface area contributed by atoms with Gasteiger partial charge in [0, 0.05) is 30.3 Å². The SMILES string of the molecule is C=c1ccc(-c2cn[nH]c2-c2cccc(C)n2)c/c1=C/C(=C\C)C(=O)OCC1CNC1. The number of allylic oxidation sites excluding steroid dienone is 1. The number of pyridine rings is 1. The van der Waals surface area contributed by atoms with Crippen LogP contribution in [0.2, 0.25) is 0 Å². The van der Waals surface area contributed by atoms with Crippen LogP contribution in [0.3, 0.4) is 0 Å². The fraction of sp³-hybridized carbons (Fsp3) is 0.240. The van der Waals surface area contributed by atoms with Gasteiger partial charge >= 0.3 is 5.97 Å². The molecule has 0 unspecified atom stereocenters. The van der Waals surface area contributed by atoms with Gasteiger partial charge < -0.3 is 10.1 Å². The van der Waals surface area contributed by atoms with Gasteiger partial charge in [-0.1, -0.05) is 30.9 Å². The number of carbonyl (C=O) groups is 1. The first-order valence-corrected chi connectivity index (χ1v) is 10.4. The lowest BCUT2D eigenvalue weighted by Gasteiger charge is -2.26. The molecule has 0 bridgehead atoms. The van der Waals surface area contributed by atoms with Crippen LogP contribution in [0.15, 0.2) is 54.2 Å². The number of hydrogen-bond acceptors (Lipinski definition) is 5. The summed E-state index contributed by atoms with van der Waals surface area (Å²) in [6.07, 6.45) is 5.39. The summed E-state index contributed by atoms with van der Waals surface area (Å²) in [6.45, 7) is 10.2. The molecule has 4 rings (SSSR count). The third kappa shape index (κ3) is 4.64.